The summed E-state index contributed by atoms with van der Waals surface area (Å²) in [5, 5.41) is 0.00435. The van der Waals surface area contributed by atoms with Crippen molar-refractivity contribution >= 4 is 34.8 Å². The molecule has 0 unspecified atom stereocenters. The molecule has 0 saturated heterocycles. The van der Waals surface area contributed by atoms with Gasteiger partial charge in [-0.25, -0.2) is 0 Å². The average Bonchev–Trinajstić information content (AvgIpc) is 2.36. The second-order valence-corrected chi connectivity index (χ2v) is 5.50. The summed E-state index contributed by atoms with van der Waals surface area (Å²) in [6, 6.07) is 6.38. The van der Waals surface area contributed by atoms with Crippen LogP contribution in [0.1, 0.15) is 11.1 Å². The van der Waals surface area contributed by atoms with Crippen LogP contribution in [0.15, 0.2) is 30.3 Å². The molecule has 0 aliphatic heterocycles. The zero-order chi connectivity index (χ0) is 15.8. The molecule has 2 aromatic rings. The number of ether oxygens (including phenoxy) is 1. The predicted molar refractivity (Wildman–Crippen MR) is 77.7 cm³/mol. The number of hydrogen-bond acceptors (Lipinski definition) is 1. The molecule has 0 atom stereocenters. The van der Waals surface area contributed by atoms with Gasteiger partial charge in [0.15, 0.2) is 5.75 Å². The molecule has 112 valence electrons. The average molecular weight is 356 g/mol. The van der Waals surface area contributed by atoms with Crippen molar-refractivity contribution in [2.24, 2.45) is 0 Å². The van der Waals surface area contributed by atoms with Crippen molar-refractivity contribution in [3.8, 4) is 11.5 Å². The smallest absolute Gasteiger partial charge is 0.416 e. The highest BCUT2D eigenvalue weighted by Crippen LogP contribution is 2.42. The Morgan fingerprint density at radius 1 is 0.905 bits per heavy atom. The fourth-order valence-corrected chi connectivity index (χ4v) is 2.31. The third kappa shape index (κ3) is 3.76. The fourth-order valence-electron chi connectivity index (χ4n) is 1.58. The van der Waals surface area contributed by atoms with Crippen molar-refractivity contribution in [2.45, 2.75) is 13.1 Å². The number of alkyl halides is 3. The molecule has 1 nitrogen and oxygen atoms in total. The van der Waals surface area contributed by atoms with Crippen molar-refractivity contribution in [1.29, 1.82) is 0 Å². The van der Waals surface area contributed by atoms with Crippen LogP contribution in [0.4, 0.5) is 13.2 Å². The molecular weight excluding hydrogens is 348 g/mol. The van der Waals surface area contributed by atoms with Crippen LogP contribution in [0.5, 0.6) is 11.5 Å². The Morgan fingerprint density at radius 3 is 1.95 bits per heavy atom. The number of aryl methyl sites for hydroxylation is 1. The quantitative estimate of drug-likeness (QED) is 0.578. The molecule has 0 aliphatic rings. The van der Waals surface area contributed by atoms with Crippen molar-refractivity contribution in [3.63, 3.8) is 0 Å². The second kappa shape index (κ2) is 5.95. The highest BCUT2D eigenvalue weighted by atomic mass is 35.5. The SMILES string of the molecule is Cc1ccc(Oc2c(Cl)cc(C(F)(F)F)cc2Cl)cc1Cl. The molecule has 7 heteroatoms. The van der Waals surface area contributed by atoms with Crippen LogP contribution in [0.2, 0.25) is 15.1 Å². The van der Waals surface area contributed by atoms with E-state index < -0.39 is 11.7 Å². The Kier molecular flexibility index (Phi) is 4.61. The Balaban J connectivity index is 2.39. The molecule has 21 heavy (non-hydrogen) atoms. The minimum Gasteiger partial charge on any atom is -0.454 e. The standard InChI is InChI=1S/C14H8Cl3F3O/c1-7-2-3-9(6-10(7)15)21-13-11(16)4-8(5-12(13)17)14(18,19)20/h2-6H,1H3. The largest absolute Gasteiger partial charge is 0.454 e. The highest BCUT2D eigenvalue weighted by Gasteiger charge is 2.32. The van der Waals surface area contributed by atoms with Crippen molar-refractivity contribution < 1.29 is 17.9 Å². The third-order valence-corrected chi connectivity index (χ3v) is 3.66. The van der Waals surface area contributed by atoms with Crippen LogP contribution < -0.4 is 4.74 Å². The van der Waals surface area contributed by atoms with Gasteiger partial charge in [0, 0.05) is 5.02 Å². The molecule has 0 aromatic heterocycles. The lowest BCUT2D eigenvalue weighted by atomic mass is 10.2. The fraction of sp³-hybridized carbons (Fsp3) is 0.143. The first-order chi connectivity index (χ1) is 9.68. The monoisotopic (exact) mass is 354 g/mol. The van der Waals surface area contributed by atoms with Crippen molar-refractivity contribution in [3.05, 3.63) is 56.5 Å². The van der Waals surface area contributed by atoms with Gasteiger partial charge >= 0.3 is 6.18 Å². The van der Waals surface area contributed by atoms with Gasteiger partial charge in [-0.2, -0.15) is 13.2 Å². The summed E-state index contributed by atoms with van der Waals surface area (Å²) in [6.45, 7) is 1.81. The molecule has 0 aliphatic carbocycles. The van der Waals surface area contributed by atoms with Gasteiger partial charge in [-0.15, -0.1) is 0 Å². The van der Waals surface area contributed by atoms with Gasteiger partial charge in [0.25, 0.3) is 0 Å². The number of benzene rings is 2. The van der Waals surface area contributed by atoms with E-state index in [1.807, 2.05) is 6.92 Å². The minimum atomic E-state index is -4.53. The summed E-state index contributed by atoms with van der Waals surface area (Å²) < 4.78 is 43.3. The number of rotatable bonds is 2. The predicted octanol–water partition coefficient (Wildman–Crippen LogP) is 6.77. The van der Waals surface area contributed by atoms with E-state index in [1.165, 1.54) is 6.07 Å². The van der Waals surface area contributed by atoms with Gasteiger partial charge in [-0.1, -0.05) is 40.9 Å². The molecule has 0 N–H and O–H groups in total. The maximum atomic E-state index is 12.6. The van der Waals surface area contributed by atoms with E-state index in [0.29, 0.717) is 10.8 Å². The molecule has 0 bridgehead atoms. The van der Waals surface area contributed by atoms with Gasteiger partial charge in [0.2, 0.25) is 0 Å². The summed E-state index contributed by atoms with van der Waals surface area (Å²) >= 11 is 17.6. The maximum Gasteiger partial charge on any atom is 0.416 e. The van der Waals surface area contributed by atoms with E-state index >= 15 is 0 Å². The lowest BCUT2D eigenvalue weighted by molar-refractivity contribution is -0.137. The van der Waals surface area contributed by atoms with Crippen molar-refractivity contribution in [2.75, 3.05) is 0 Å². The first kappa shape index (κ1) is 16.3. The van der Waals surface area contributed by atoms with Crippen LogP contribution >= 0.6 is 34.8 Å². The molecule has 0 spiro atoms. The molecule has 0 amide bonds. The summed E-state index contributed by atoms with van der Waals surface area (Å²) in [5.74, 6) is 0.278. The lowest BCUT2D eigenvalue weighted by Gasteiger charge is -2.13. The second-order valence-electron chi connectivity index (χ2n) is 4.28. The Hall–Kier alpha value is -1.10. The molecule has 0 fully saturated rings. The summed E-state index contributed by atoms with van der Waals surface area (Å²) in [5.41, 5.74) is -0.0968. The first-order valence-corrected chi connectivity index (χ1v) is 6.82. The van der Waals surface area contributed by atoms with Gasteiger partial charge in [-0.05, 0) is 36.8 Å². The van der Waals surface area contributed by atoms with E-state index in [0.717, 1.165) is 17.7 Å². The van der Waals surface area contributed by atoms with Crippen LogP contribution in [0, 0.1) is 6.92 Å². The molecule has 0 heterocycles. The van der Waals surface area contributed by atoms with E-state index in [1.54, 1.807) is 12.1 Å². The summed E-state index contributed by atoms with van der Waals surface area (Å²) in [4.78, 5) is 0. The molecule has 0 radical (unpaired) electrons. The normalized spacial score (nSPS) is 11.6. The Morgan fingerprint density at radius 2 is 1.48 bits per heavy atom. The summed E-state index contributed by atoms with van der Waals surface area (Å²) in [7, 11) is 0. The summed E-state index contributed by atoms with van der Waals surface area (Å²) in [6.07, 6.45) is -4.53. The molecule has 2 rings (SSSR count). The van der Waals surface area contributed by atoms with Gasteiger partial charge in [-0.3, -0.25) is 0 Å². The lowest BCUT2D eigenvalue weighted by Crippen LogP contribution is -2.05. The maximum absolute atomic E-state index is 12.6. The van der Waals surface area contributed by atoms with Crippen LogP contribution in [-0.4, -0.2) is 0 Å². The third-order valence-electron chi connectivity index (χ3n) is 2.69. The van der Waals surface area contributed by atoms with Crippen LogP contribution in [0.25, 0.3) is 0 Å². The number of halogens is 6. The molecule has 0 saturated carbocycles. The highest BCUT2D eigenvalue weighted by molar-refractivity contribution is 6.37. The molecule has 2 aromatic carbocycles. The van der Waals surface area contributed by atoms with Crippen LogP contribution in [0.3, 0.4) is 0 Å². The van der Waals surface area contributed by atoms with E-state index in [2.05, 4.69) is 0 Å². The minimum absolute atomic E-state index is 0.0498. The zero-order valence-corrected chi connectivity index (χ0v) is 12.8. The van der Waals surface area contributed by atoms with Crippen molar-refractivity contribution in [1.82, 2.24) is 0 Å². The molecular formula is C14H8Cl3F3O. The van der Waals surface area contributed by atoms with E-state index in [4.69, 9.17) is 39.5 Å². The van der Waals surface area contributed by atoms with Gasteiger partial charge in [0.05, 0.1) is 15.6 Å². The Bertz CT molecular complexity index is 661. The topological polar surface area (TPSA) is 9.23 Å². The van der Waals surface area contributed by atoms with Gasteiger partial charge in [0.1, 0.15) is 5.75 Å². The van der Waals surface area contributed by atoms with E-state index in [9.17, 15) is 13.2 Å². The Labute approximate surface area is 134 Å². The van der Waals surface area contributed by atoms with Gasteiger partial charge < -0.3 is 4.74 Å². The number of hydrogen-bond donors (Lipinski definition) is 0. The van der Waals surface area contributed by atoms with E-state index in [-0.39, 0.29) is 15.8 Å². The zero-order valence-electron chi connectivity index (χ0n) is 10.6. The van der Waals surface area contributed by atoms with Crippen LogP contribution in [-0.2, 0) is 6.18 Å². The first-order valence-electron chi connectivity index (χ1n) is 5.68.